The Bertz CT molecular complexity index is 727. The van der Waals surface area contributed by atoms with E-state index in [1.807, 2.05) is 6.07 Å². The van der Waals surface area contributed by atoms with Crippen molar-refractivity contribution in [2.24, 2.45) is 4.99 Å². The van der Waals surface area contributed by atoms with Crippen molar-refractivity contribution in [2.75, 3.05) is 7.05 Å². The summed E-state index contributed by atoms with van der Waals surface area (Å²) in [5.74, 6) is 0.470. The van der Waals surface area contributed by atoms with Gasteiger partial charge in [-0.05, 0) is 49.6 Å². The normalized spacial score (nSPS) is 11.7. The van der Waals surface area contributed by atoms with Crippen LogP contribution in [0.25, 0.3) is 0 Å². The summed E-state index contributed by atoms with van der Waals surface area (Å²) in [7, 11) is 1.73. The molecule has 0 atom stereocenters. The molecule has 0 heterocycles. The first-order valence-electron chi connectivity index (χ1n) is 8.76. The molecule has 0 aromatic heterocycles. The van der Waals surface area contributed by atoms with Gasteiger partial charge in [-0.25, -0.2) is 4.39 Å². The Morgan fingerprint density at radius 1 is 0.963 bits per heavy atom. The first-order chi connectivity index (χ1) is 12.4. The van der Waals surface area contributed by atoms with E-state index in [2.05, 4.69) is 54.6 Å². The number of benzene rings is 2. The van der Waals surface area contributed by atoms with Crippen molar-refractivity contribution in [1.82, 2.24) is 10.6 Å². The van der Waals surface area contributed by atoms with Gasteiger partial charge in [-0.1, -0.05) is 36.4 Å². The van der Waals surface area contributed by atoms with Crippen LogP contribution < -0.4 is 10.6 Å². The quantitative estimate of drug-likeness (QED) is 0.357. The maximum atomic E-state index is 12.9. The third kappa shape index (κ3) is 9.19. The number of hydrogen-bond acceptors (Lipinski definition) is 2. The van der Waals surface area contributed by atoms with E-state index in [-0.39, 0.29) is 35.4 Å². The van der Waals surface area contributed by atoms with E-state index in [4.69, 9.17) is 4.74 Å². The molecule has 2 aromatic rings. The second-order valence-electron chi connectivity index (χ2n) is 7.13. The first kappa shape index (κ1) is 23.4. The molecule has 0 radical (unpaired) electrons. The lowest BCUT2D eigenvalue weighted by molar-refractivity contribution is -0.0149. The second kappa shape index (κ2) is 11.2. The maximum absolute atomic E-state index is 12.9. The number of hydrogen-bond donors (Lipinski definition) is 2. The molecule has 0 spiro atoms. The van der Waals surface area contributed by atoms with Gasteiger partial charge < -0.3 is 15.4 Å². The van der Waals surface area contributed by atoms with Gasteiger partial charge in [0.15, 0.2) is 5.96 Å². The van der Waals surface area contributed by atoms with Crippen LogP contribution in [-0.4, -0.2) is 18.6 Å². The highest BCUT2D eigenvalue weighted by Gasteiger charge is 2.10. The molecule has 27 heavy (non-hydrogen) atoms. The minimum absolute atomic E-state index is 0. The third-order valence-corrected chi connectivity index (χ3v) is 3.72. The molecule has 0 bridgehead atoms. The zero-order chi connectivity index (χ0) is 19.0. The molecule has 148 valence electrons. The second-order valence-corrected chi connectivity index (χ2v) is 7.13. The lowest BCUT2D eigenvalue weighted by Crippen LogP contribution is -2.36. The van der Waals surface area contributed by atoms with E-state index in [0.717, 1.165) is 16.7 Å². The minimum Gasteiger partial charge on any atom is -0.371 e. The van der Waals surface area contributed by atoms with Crippen LogP contribution in [0.15, 0.2) is 53.5 Å². The molecule has 0 fully saturated rings. The average Bonchev–Trinajstić information content (AvgIpc) is 2.61. The Balaban J connectivity index is 0.00000364. The zero-order valence-corrected chi connectivity index (χ0v) is 18.7. The monoisotopic (exact) mass is 485 g/mol. The summed E-state index contributed by atoms with van der Waals surface area (Å²) in [6.07, 6.45) is 0. The number of aliphatic imine (C=N–C) groups is 1. The largest absolute Gasteiger partial charge is 0.371 e. The van der Waals surface area contributed by atoms with Crippen LogP contribution in [0.5, 0.6) is 0 Å². The lowest BCUT2D eigenvalue weighted by Gasteiger charge is -2.19. The van der Waals surface area contributed by atoms with Gasteiger partial charge in [0.1, 0.15) is 5.82 Å². The fourth-order valence-corrected chi connectivity index (χ4v) is 2.32. The van der Waals surface area contributed by atoms with Gasteiger partial charge in [-0.15, -0.1) is 24.0 Å². The van der Waals surface area contributed by atoms with Crippen LogP contribution in [-0.2, 0) is 24.4 Å². The summed E-state index contributed by atoms with van der Waals surface area (Å²) >= 11 is 0. The molecule has 0 amide bonds. The summed E-state index contributed by atoms with van der Waals surface area (Å²) in [5.41, 5.74) is 3.15. The van der Waals surface area contributed by atoms with Gasteiger partial charge in [0, 0.05) is 20.1 Å². The fraction of sp³-hybridized carbons (Fsp3) is 0.381. The molecule has 2 rings (SSSR count). The molecule has 0 saturated heterocycles. The van der Waals surface area contributed by atoms with Gasteiger partial charge in [0.25, 0.3) is 0 Å². The lowest BCUT2D eigenvalue weighted by atomic mass is 10.1. The molecule has 0 aliphatic rings. The number of nitrogens with zero attached hydrogens (tertiary/aromatic N) is 1. The molecule has 0 aliphatic heterocycles. The van der Waals surface area contributed by atoms with Crippen LogP contribution in [0.3, 0.4) is 0 Å². The fourth-order valence-electron chi connectivity index (χ4n) is 2.32. The van der Waals surface area contributed by atoms with Crippen LogP contribution in [0, 0.1) is 5.82 Å². The smallest absolute Gasteiger partial charge is 0.191 e. The van der Waals surface area contributed by atoms with Crippen LogP contribution in [0.4, 0.5) is 4.39 Å². The predicted octanol–water partition coefficient (Wildman–Crippen LogP) is 4.62. The number of nitrogens with one attached hydrogen (secondary N) is 2. The molecule has 2 aromatic carbocycles. The molecular formula is C21H29FIN3O. The molecule has 0 unspecified atom stereocenters. The van der Waals surface area contributed by atoms with E-state index in [1.54, 1.807) is 19.2 Å². The van der Waals surface area contributed by atoms with Gasteiger partial charge in [-0.2, -0.15) is 0 Å². The Morgan fingerprint density at radius 2 is 1.56 bits per heavy atom. The highest BCUT2D eigenvalue weighted by Crippen LogP contribution is 2.13. The Labute approximate surface area is 178 Å². The number of ether oxygens (including phenoxy) is 1. The summed E-state index contributed by atoms with van der Waals surface area (Å²) in [4.78, 5) is 4.22. The van der Waals surface area contributed by atoms with Crippen LogP contribution in [0.1, 0.15) is 37.5 Å². The highest BCUT2D eigenvalue weighted by molar-refractivity contribution is 14.0. The summed E-state index contributed by atoms with van der Waals surface area (Å²) in [6.45, 7) is 7.99. The van der Waals surface area contributed by atoms with E-state index < -0.39 is 0 Å². The van der Waals surface area contributed by atoms with E-state index in [9.17, 15) is 4.39 Å². The van der Waals surface area contributed by atoms with E-state index in [1.165, 1.54) is 12.1 Å². The summed E-state index contributed by atoms with van der Waals surface area (Å²) in [5, 5.41) is 6.52. The summed E-state index contributed by atoms with van der Waals surface area (Å²) < 4.78 is 18.8. The summed E-state index contributed by atoms with van der Waals surface area (Å²) in [6, 6.07) is 14.7. The molecule has 6 heteroatoms. The zero-order valence-electron chi connectivity index (χ0n) is 16.4. The van der Waals surface area contributed by atoms with Gasteiger partial charge in [0.05, 0.1) is 12.2 Å². The van der Waals surface area contributed by atoms with Crippen molar-refractivity contribution in [3.63, 3.8) is 0 Å². The van der Waals surface area contributed by atoms with E-state index in [0.29, 0.717) is 25.7 Å². The molecule has 4 nitrogen and oxygen atoms in total. The highest BCUT2D eigenvalue weighted by atomic mass is 127. The van der Waals surface area contributed by atoms with E-state index >= 15 is 0 Å². The van der Waals surface area contributed by atoms with Crippen molar-refractivity contribution in [1.29, 1.82) is 0 Å². The number of guanidine groups is 1. The standard InChI is InChI=1S/C21H28FN3O.HI/c1-21(2,3)26-15-18-7-5-6-17(12-18)14-25-20(23-4)24-13-16-8-10-19(22)11-9-16;/h5-12H,13-15H2,1-4H3,(H2,23,24,25);1H. The minimum atomic E-state index is -0.230. The number of rotatable bonds is 6. The van der Waals surface area contributed by atoms with Crippen molar-refractivity contribution in [2.45, 2.75) is 46.1 Å². The number of halogens is 2. The Hall–Kier alpha value is -1.67. The Kier molecular flexibility index (Phi) is 9.73. The third-order valence-electron chi connectivity index (χ3n) is 3.72. The van der Waals surface area contributed by atoms with Crippen molar-refractivity contribution < 1.29 is 9.13 Å². The predicted molar refractivity (Wildman–Crippen MR) is 120 cm³/mol. The van der Waals surface area contributed by atoms with Gasteiger partial charge in [-0.3, -0.25) is 4.99 Å². The van der Waals surface area contributed by atoms with Crippen molar-refractivity contribution in [3.05, 3.63) is 71.0 Å². The maximum Gasteiger partial charge on any atom is 0.191 e. The topological polar surface area (TPSA) is 45.7 Å². The molecule has 0 saturated carbocycles. The average molecular weight is 485 g/mol. The van der Waals surface area contributed by atoms with Crippen molar-refractivity contribution in [3.8, 4) is 0 Å². The van der Waals surface area contributed by atoms with Gasteiger partial charge in [0.2, 0.25) is 0 Å². The molecule has 2 N–H and O–H groups in total. The Morgan fingerprint density at radius 3 is 2.15 bits per heavy atom. The van der Waals surface area contributed by atoms with Crippen LogP contribution in [0.2, 0.25) is 0 Å². The van der Waals surface area contributed by atoms with Crippen molar-refractivity contribution >= 4 is 29.9 Å². The van der Waals surface area contributed by atoms with Gasteiger partial charge >= 0.3 is 0 Å². The molecular weight excluding hydrogens is 456 g/mol. The first-order valence-corrected chi connectivity index (χ1v) is 8.76. The van der Waals surface area contributed by atoms with Crippen LogP contribution >= 0.6 is 24.0 Å². The SMILES string of the molecule is CN=C(NCc1ccc(F)cc1)NCc1cccc(COC(C)(C)C)c1.I. The molecule has 0 aliphatic carbocycles.